The minimum Gasteiger partial charge on any atom is -0.465 e. The summed E-state index contributed by atoms with van der Waals surface area (Å²) in [5, 5.41) is 7.60. The molecular formula is C32H28N4O3. The highest BCUT2D eigenvalue weighted by Gasteiger charge is 2.52. The third-order valence-electron chi connectivity index (χ3n) is 7.18. The third kappa shape index (κ3) is 4.79. The molecule has 1 aliphatic carbocycles. The normalized spacial score (nSPS) is 13.6. The molecule has 39 heavy (non-hydrogen) atoms. The second-order valence-electron chi connectivity index (χ2n) is 9.70. The van der Waals surface area contributed by atoms with E-state index in [-0.39, 0.29) is 5.97 Å². The number of rotatable bonds is 8. The first-order valence-corrected chi connectivity index (χ1v) is 13.1. The van der Waals surface area contributed by atoms with Gasteiger partial charge >= 0.3 is 5.97 Å². The lowest BCUT2D eigenvalue weighted by atomic mass is 9.93. The van der Waals surface area contributed by atoms with Crippen molar-refractivity contribution in [2.75, 3.05) is 11.9 Å². The van der Waals surface area contributed by atoms with Crippen LogP contribution in [0.2, 0.25) is 0 Å². The lowest BCUT2D eigenvalue weighted by Crippen LogP contribution is -2.23. The summed E-state index contributed by atoms with van der Waals surface area (Å²) in [4.78, 5) is 21.3. The van der Waals surface area contributed by atoms with Gasteiger partial charge in [-0.1, -0.05) is 59.8 Å². The third-order valence-corrected chi connectivity index (χ3v) is 7.18. The highest BCUT2D eigenvalue weighted by Crippen LogP contribution is 2.49. The summed E-state index contributed by atoms with van der Waals surface area (Å²) < 4.78 is 11.0. The number of carbonyl (C=O) groups excluding carboxylic acids is 1. The second-order valence-corrected chi connectivity index (χ2v) is 9.70. The van der Waals surface area contributed by atoms with Crippen LogP contribution in [0.5, 0.6) is 0 Å². The van der Waals surface area contributed by atoms with Gasteiger partial charge in [-0.3, -0.25) is 9.78 Å². The predicted octanol–water partition coefficient (Wildman–Crippen LogP) is 7.11. The number of aryl methyl sites for hydroxylation is 1. The van der Waals surface area contributed by atoms with Crippen molar-refractivity contribution in [3.8, 4) is 33.7 Å². The standard InChI is InChI=1S/C32H28N4O3/c1-3-38-31(37)32(17-18-32)26-13-11-23(12-14-26)22-7-9-25(10-8-22)30-29(21(2)36-39-30)35-28-6-4-5-27(34-28)24-15-19-33-20-16-24/h4-16,19-20H,3,17-18H2,1-2H3,(H,34,35). The predicted molar refractivity (Wildman–Crippen MR) is 150 cm³/mol. The molecule has 7 heteroatoms. The first kappa shape index (κ1) is 24.6. The first-order valence-electron chi connectivity index (χ1n) is 13.1. The van der Waals surface area contributed by atoms with E-state index in [1.807, 2.05) is 68.4 Å². The summed E-state index contributed by atoms with van der Waals surface area (Å²) in [6.07, 6.45) is 5.20. The molecule has 0 atom stereocenters. The van der Waals surface area contributed by atoms with Gasteiger partial charge in [0.25, 0.3) is 0 Å². The van der Waals surface area contributed by atoms with Crippen molar-refractivity contribution in [2.24, 2.45) is 0 Å². The second kappa shape index (κ2) is 10.2. The molecule has 3 aromatic heterocycles. The van der Waals surface area contributed by atoms with E-state index in [9.17, 15) is 4.79 Å². The van der Waals surface area contributed by atoms with Gasteiger partial charge < -0.3 is 14.6 Å². The number of hydrogen-bond donors (Lipinski definition) is 1. The maximum Gasteiger partial charge on any atom is 0.316 e. The molecule has 5 aromatic rings. The van der Waals surface area contributed by atoms with E-state index < -0.39 is 5.41 Å². The molecule has 0 unspecified atom stereocenters. The van der Waals surface area contributed by atoms with Crippen LogP contribution < -0.4 is 5.32 Å². The SMILES string of the molecule is CCOC(=O)C1(c2ccc(-c3ccc(-c4onc(C)c4Nc4cccc(-c5ccncc5)n4)cc3)cc2)CC1. The molecule has 0 amide bonds. The first-order chi connectivity index (χ1) is 19.1. The van der Waals surface area contributed by atoms with Gasteiger partial charge in [-0.25, -0.2) is 4.98 Å². The van der Waals surface area contributed by atoms with Crippen LogP contribution in [0.25, 0.3) is 33.7 Å². The maximum atomic E-state index is 12.4. The Labute approximate surface area is 226 Å². The van der Waals surface area contributed by atoms with E-state index in [0.717, 1.165) is 57.7 Å². The van der Waals surface area contributed by atoms with Crippen LogP contribution in [-0.4, -0.2) is 27.7 Å². The van der Waals surface area contributed by atoms with Crippen molar-refractivity contribution in [2.45, 2.75) is 32.1 Å². The zero-order chi connectivity index (χ0) is 26.8. The molecule has 1 saturated carbocycles. The monoisotopic (exact) mass is 516 g/mol. The summed E-state index contributed by atoms with van der Waals surface area (Å²) in [6, 6.07) is 26.1. The molecule has 7 nitrogen and oxygen atoms in total. The van der Waals surface area contributed by atoms with Crippen molar-refractivity contribution in [1.82, 2.24) is 15.1 Å². The van der Waals surface area contributed by atoms with Crippen LogP contribution in [0, 0.1) is 6.92 Å². The number of carbonyl (C=O) groups is 1. The van der Waals surface area contributed by atoms with Crippen molar-refractivity contribution in [1.29, 1.82) is 0 Å². The quantitative estimate of drug-likeness (QED) is 0.220. The van der Waals surface area contributed by atoms with Gasteiger partial charge in [-0.15, -0.1) is 0 Å². The number of esters is 1. The van der Waals surface area contributed by atoms with Gasteiger partial charge in [0, 0.05) is 23.5 Å². The van der Waals surface area contributed by atoms with Crippen molar-refractivity contribution in [3.63, 3.8) is 0 Å². The molecule has 0 aliphatic heterocycles. The molecule has 1 aliphatic rings. The summed E-state index contributed by atoms with van der Waals surface area (Å²) in [7, 11) is 0. The minimum absolute atomic E-state index is 0.117. The molecule has 3 heterocycles. The van der Waals surface area contributed by atoms with Gasteiger partial charge in [0.2, 0.25) is 0 Å². The Hall–Kier alpha value is -4.78. The number of nitrogens with zero attached hydrogens (tertiary/aromatic N) is 3. The summed E-state index contributed by atoms with van der Waals surface area (Å²) in [5.41, 5.74) is 6.99. The van der Waals surface area contributed by atoms with Crippen LogP contribution in [0.3, 0.4) is 0 Å². The van der Waals surface area contributed by atoms with E-state index in [1.165, 1.54) is 0 Å². The Morgan fingerprint density at radius 3 is 2.23 bits per heavy atom. The zero-order valence-corrected chi connectivity index (χ0v) is 21.8. The van der Waals surface area contributed by atoms with E-state index in [0.29, 0.717) is 18.2 Å². The van der Waals surface area contributed by atoms with Crippen LogP contribution in [0.1, 0.15) is 31.0 Å². The minimum atomic E-state index is -0.460. The van der Waals surface area contributed by atoms with E-state index >= 15 is 0 Å². The number of anilines is 2. The fraction of sp³-hybridized carbons (Fsp3) is 0.188. The Kier molecular flexibility index (Phi) is 6.40. The molecule has 0 bridgehead atoms. The fourth-order valence-electron chi connectivity index (χ4n) is 4.83. The number of hydrogen-bond acceptors (Lipinski definition) is 7. The van der Waals surface area contributed by atoms with Gasteiger partial charge in [-0.2, -0.15) is 0 Å². The molecule has 6 rings (SSSR count). The molecule has 0 saturated heterocycles. The van der Waals surface area contributed by atoms with Crippen molar-refractivity contribution in [3.05, 3.63) is 103 Å². The molecule has 0 spiro atoms. The summed E-state index contributed by atoms with van der Waals surface area (Å²) >= 11 is 0. The average Bonchev–Trinajstić information content (AvgIpc) is 3.73. The lowest BCUT2D eigenvalue weighted by molar-refractivity contribution is -0.146. The van der Waals surface area contributed by atoms with E-state index in [2.05, 4.69) is 39.7 Å². The van der Waals surface area contributed by atoms with Crippen LogP contribution in [0.15, 0.2) is 95.8 Å². The topological polar surface area (TPSA) is 90.1 Å². The van der Waals surface area contributed by atoms with Crippen LogP contribution in [-0.2, 0) is 14.9 Å². The van der Waals surface area contributed by atoms with Gasteiger partial charge in [0.05, 0.1) is 17.7 Å². The highest BCUT2D eigenvalue weighted by molar-refractivity contribution is 5.87. The molecule has 1 N–H and O–H groups in total. The smallest absolute Gasteiger partial charge is 0.316 e. The number of ether oxygens (including phenoxy) is 1. The van der Waals surface area contributed by atoms with Gasteiger partial charge in [0.15, 0.2) is 5.76 Å². The molecule has 2 aromatic carbocycles. The number of pyridine rings is 2. The molecule has 1 fully saturated rings. The van der Waals surface area contributed by atoms with Gasteiger partial charge in [-0.05, 0) is 67.6 Å². The molecule has 194 valence electrons. The number of aromatic nitrogens is 3. The molecule has 0 radical (unpaired) electrons. The summed E-state index contributed by atoms with van der Waals surface area (Å²) in [5.74, 6) is 1.23. The Balaban J connectivity index is 1.22. The largest absolute Gasteiger partial charge is 0.465 e. The molecular weight excluding hydrogens is 488 g/mol. The maximum absolute atomic E-state index is 12.4. The number of nitrogens with one attached hydrogen (secondary N) is 1. The number of benzene rings is 2. The van der Waals surface area contributed by atoms with Crippen LogP contribution in [0.4, 0.5) is 11.5 Å². The van der Waals surface area contributed by atoms with Gasteiger partial charge in [0.1, 0.15) is 17.2 Å². The fourth-order valence-corrected chi connectivity index (χ4v) is 4.83. The van der Waals surface area contributed by atoms with Crippen molar-refractivity contribution < 1.29 is 14.1 Å². The van der Waals surface area contributed by atoms with Crippen LogP contribution >= 0.6 is 0 Å². The lowest BCUT2D eigenvalue weighted by Gasteiger charge is -2.14. The Morgan fingerprint density at radius 1 is 0.897 bits per heavy atom. The Morgan fingerprint density at radius 2 is 1.56 bits per heavy atom. The Bertz CT molecular complexity index is 1610. The summed E-state index contributed by atoms with van der Waals surface area (Å²) in [6.45, 7) is 4.15. The van der Waals surface area contributed by atoms with Crippen molar-refractivity contribution >= 4 is 17.5 Å². The zero-order valence-electron chi connectivity index (χ0n) is 21.8. The average molecular weight is 517 g/mol. The van der Waals surface area contributed by atoms with E-state index in [4.69, 9.17) is 14.2 Å². The van der Waals surface area contributed by atoms with E-state index in [1.54, 1.807) is 12.4 Å². The highest BCUT2D eigenvalue weighted by atomic mass is 16.5.